The van der Waals surface area contributed by atoms with Gasteiger partial charge in [0, 0.05) is 0 Å². The number of Topliss-reactive ketones (excluding diaryl/α,β-unsaturated/α-hetero) is 1. The minimum absolute atomic E-state index is 0.0272. The van der Waals surface area contributed by atoms with Crippen LogP contribution in [0.3, 0.4) is 0 Å². The average Bonchev–Trinajstić information content (AvgIpc) is 1.98. The highest BCUT2D eigenvalue weighted by atomic mass is 32.1. The van der Waals surface area contributed by atoms with Crippen LogP contribution in [0.25, 0.3) is 0 Å². The highest BCUT2D eigenvalue weighted by Crippen LogP contribution is 1.98. The maximum atomic E-state index is 10.6. The van der Waals surface area contributed by atoms with Crippen LogP contribution in [0, 0.1) is 0 Å². The fourth-order valence-corrected chi connectivity index (χ4v) is 0.802. The lowest BCUT2D eigenvalue weighted by Crippen LogP contribution is -2.21. The molecule has 0 aromatic rings. The molecule has 0 saturated carbocycles. The number of carbonyl (C=O) groups is 2. The molecule has 0 aliphatic carbocycles. The first-order valence-electron chi connectivity index (χ1n) is 3.40. The molecule has 0 unspecified atom stereocenters. The van der Waals surface area contributed by atoms with Gasteiger partial charge in [-0.1, -0.05) is 25.6 Å². The molecular weight excluding hydrogens is 164 g/mol. The van der Waals surface area contributed by atoms with Gasteiger partial charge in [-0.05, 0) is 12.8 Å². The van der Waals surface area contributed by atoms with Gasteiger partial charge in [-0.2, -0.15) is 0 Å². The molecule has 0 radical (unpaired) electrons. The second-order valence-electron chi connectivity index (χ2n) is 2.16. The smallest absolute Gasteiger partial charge is 0.377 e. The van der Waals surface area contributed by atoms with E-state index in [0.717, 1.165) is 12.8 Å². The summed E-state index contributed by atoms with van der Waals surface area (Å²) >= 11 is 4.59. The number of unbranched alkanes of at least 4 members (excludes halogenated alkanes) is 1. The van der Waals surface area contributed by atoms with E-state index in [4.69, 9.17) is 5.11 Å². The Labute approximate surface area is 70.4 Å². The number of hydrogen-bond donors (Lipinski definition) is 1. The summed E-state index contributed by atoms with van der Waals surface area (Å²) in [5.41, 5.74) is 0. The number of carboxylic acid groups (broad SMARTS) is 1. The molecule has 0 atom stereocenters. The van der Waals surface area contributed by atoms with Gasteiger partial charge in [0.05, 0.1) is 4.86 Å². The highest BCUT2D eigenvalue weighted by Gasteiger charge is 2.16. The molecule has 62 valence electrons. The van der Waals surface area contributed by atoms with E-state index in [0.29, 0.717) is 6.42 Å². The topological polar surface area (TPSA) is 54.4 Å². The van der Waals surface area contributed by atoms with Crippen LogP contribution >= 0.6 is 12.2 Å². The second-order valence-corrected chi connectivity index (χ2v) is 2.65. The average molecular weight is 174 g/mol. The monoisotopic (exact) mass is 174 g/mol. The molecule has 3 nitrogen and oxygen atoms in total. The standard InChI is InChI=1S/C7H10O3S/c1-2-3-4-5(11)6(8)7(9)10/h2-4H2,1H3,(H,9,10). The van der Waals surface area contributed by atoms with Crippen molar-refractivity contribution in [1.82, 2.24) is 0 Å². The van der Waals surface area contributed by atoms with E-state index in [1.54, 1.807) is 0 Å². The zero-order valence-electron chi connectivity index (χ0n) is 6.29. The van der Waals surface area contributed by atoms with Crippen molar-refractivity contribution in [2.24, 2.45) is 0 Å². The molecule has 0 fully saturated rings. The minimum Gasteiger partial charge on any atom is -0.475 e. The Morgan fingerprint density at radius 3 is 2.36 bits per heavy atom. The summed E-state index contributed by atoms with van der Waals surface area (Å²) in [6.07, 6.45) is 2.10. The Balaban J connectivity index is 3.84. The lowest BCUT2D eigenvalue weighted by molar-refractivity contribution is -0.145. The van der Waals surface area contributed by atoms with Gasteiger partial charge in [-0.25, -0.2) is 4.79 Å². The third-order valence-electron chi connectivity index (χ3n) is 1.20. The summed E-state index contributed by atoms with van der Waals surface area (Å²) in [6, 6.07) is 0. The van der Waals surface area contributed by atoms with Gasteiger partial charge in [-0.3, -0.25) is 4.79 Å². The largest absolute Gasteiger partial charge is 0.475 e. The van der Waals surface area contributed by atoms with E-state index in [1.807, 2.05) is 6.92 Å². The van der Waals surface area contributed by atoms with Crippen molar-refractivity contribution in [2.45, 2.75) is 26.2 Å². The van der Waals surface area contributed by atoms with Crippen molar-refractivity contribution in [3.8, 4) is 0 Å². The lowest BCUT2D eigenvalue weighted by atomic mass is 10.1. The Kier molecular flexibility index (Phi) is 4.61. The van der Waals surface area contributed by atoms with Crippen LogP contribution in [0.4, 0.5) is 0 Å². The van der Waals surface area contributed by atoms with Gasteiger partial charge in [0.1, 0.15) is 0 Å². The molecule has 11 heavy (non-hydrogen) atoms. The molecule has 0 rings (SSSR count). The molecule has 0 aromatic heterocycles. The van der Waals surface area contributed by atoms with Crippen molar-refractivity contribution >= 4 is 28.8 Å². The molecule has 0 aliphatic heterocycles. The Bertz CT molecular complexity index is 186. The molecule has 0 heterocycles. The predicted molar refractivity (Wildman–Crippen MR) is 44.8 cm³/mol. The predicted octanol–water partition coefficient (Wildman–Crippen LogP) is 1.20. The Hall–Kier alpha value is -0.770. The molecule has 4 heteroatoms. The SMILES string of the molecule is CCCCC(=S)C(=O)C(=O)O. The van der Waals surface area contributed by atoms with Crippen molar-refractivity contribution in [3.05, 3.63) is 0 Å². The van der Waals surface area contributed by atoms with Crippen LogP contribution in [-0.4, -0.2) is 21.7 Å². The summed E-state index contributed by atoms with van der Waals surface area (Å²) < 4.78 is 0. The maximum absolute atomic E-state index is 10.6. The van der Waals surface area contributed by atoms with Crippen molar-refractivity contribution < 1.29 is 14.7 Å². The molecular formula is C7H10O3S. The molecule has 0 aliphatic rings. The number of rotatable bonds is 5. The van der Waals surface area contributed by atoms with Crippen LogP contribution in [-0.2, 0) is 9.59 Å². The van der Waals surface area contributed by atoms with Crippen LogP contribution < -0.4 is 0 Å². The number of aliphatic carboxylic acids is 1. The Morgan fingerprint density at radius 1 is 1.45 bits per heavy atom. The second kappa shape index (κ2) is 4.96. The van der Waals surface area contributed by atoms with E-state index >= 15 is 0 Å². The molecule has 0 amide bonds. The first-order chi connectivity index (χ1) is 5.09. The van der Waals surface area contributed by atoms with E-state index in [9.17, 15) is 9.59 Å². The summed E-state index contributed by atoms with van der Waals surface area (Å²) in [5, 5.41) is 8.21. The first kappa shape index (κ1) is 10.2. The lowest BCUT2D eigenvalue weighted by Gasteiger charge is -1.95. The molecule has 0 saturated heterocycles. The number of thiocarbonyl (C=S) groups is 1. The van der Waals surface area contributed by atoms with Crippen LogP contribution in [0.15, 0.2) is 0 Å². The first-order valence-corrected chi connectivity index (χ1v) is 3.80. The van der Waals surface area contributed by atoms with Crippen LogP contribution in [0.5, 0.6) is 0 Å². The number of hydrogen-bond acceptors (Lipinski definition) is 3. The summed E-state index contributed by atoms with van der Waals surface area (Å²) in [7, 11) is 0. The molecule has 0 aromatic carbocycles. The highest BCUT2D eigenvalue weighted by molar-refractivity contribution is 7.82. The summed E-state index contributed by atoms with van der Waals surface area (Å²) in [4.78, 5) is 20.7. The van der Waals surface area contributed by atoms with Crippen molar-refractivity contribution in [3.63, 3.8) is 0 Å². The fourth-order valence-electron chi connectivity index (χ4n) is 0.570. The third kappa shape index (κ3) is 3.83. The maximum Gasteiger partial charge on any atom is 0.377 e. The summed E-state index contributed by atoms with van der Waals surface area (Å²) in [5.74, 6) is -2.39. The van der Waals surface area contributed by atoms with E-state index in [1.165, 1.54) is 0 Å². The van der Waals surface area contributed by atoms with Crippen LogP contribution in [0.1, 0.15) is 26.2 Å². The van der Waals surface area contributed by atoms with Crippen LogP contribution in [0.2, 0.25) is 0 Å². The summed E-state index contributed by atoms with van der Waals surface area (Å²) in [6.45, 7) is 1.95. The van der Waals surface area contributed by atoms with Gasteiger partial charge in [0.2, 0.25) is 0 Å². The van der Waals surface area contributed by atoms with Crippen molar-refractivity contribution in [1.29, 1.82) is 0 Å². The van der Waals surface area contributed by atoms with E-state index in [2.05, 4.69) is 12.2 Å². The molecule has 1 N–H and O–H groups in total. The number of carbonyl (C=O) groups excluding carboxylic acids is 1. The number of carboxylic acids is 1. The minimum atomic E-state index is -1.45. The van der Waals surface area contributed by atoms with E-state index in [-0.39, 0.29) is 4.86 Å². The van der Waals surface area contributed by atoms with Gasteiger partial charge < -0.3 is 5.11 Å². The molecule has 0 spiro atoms. The Morgan fingerprint density at radius 2 is 2.00 bits per heavy atom. The molecule has 0 bridgehead atoms. The number of ketones is 1. The quantitative estimate of drug-likeness (QED) is 0.502. The van der Waals surface area contributed by atoms with Gasteiger partial charge in [0.25, 0.3) is 5.78 Å². The van der Waals surface area contributed by atoms with Gasteiger partial charge in [-0.15, -0.1) is 0 Å². The zero-order chi connectivity index (χ0) is 8.85. The van der Waals surface area contributed by atoms with Gasteiger partial charge in [0.15, 0.2) is 0 Å². The normalized spacial score (nSPS) is 9.18. The van der Waals surface area contributed by atoms with E-state index < -0.39 is 11.8 Å². The third-order valence-corrected chi connectivity index (χ3v) is 1.59. The zero-order valence-corrected chi connectivity index (χ0v) is 7.11. The van der Waals surface area contributed by atoms with Gasteiger partial charge >= 0.3 is 5.97 Å². The van der Waals surface area contributed by atoms with Crippen molar-refractivity contribution in [2.75, 3.05) is 0 Å². The fraction of sp³-hybridized carbons (Fsp3) is 0.571.